The molecule has 0 bridgehead atoms. The molecule has 1 fully saturated rings. The van der Waals surface area contributed by atoms with Gasteiger partial charge in [-0.3, -0.25) is 0 Å². The summed E-state index contributed by atoms with van der Waals surface area (Å²) in [6.07, 6.45) is 7.70. The quantitative estimate of drug-likeness (QED) is 0.717. The van der Waals surface area contributed by atoms with E-state index in [-0.39, 0.29) is 6.09 Å². The first-order valence-corrected chi connectivity index (χ1v) is 9.04. The molecule has 0 radical (unpaired) electrons. The third-order valence-corrected chi connectivity index (χ3v) is 4.46. The molecule has 1 rings (SSSR count). The van der Waals surface area contributed by atoms with E-state index in [2.05, 4.69) is 12.2 Å². The minimum atomic E-state index is -0.418. The van der Waals surface area contributed by atoms with Crippen LogP contribution in [0.5, 0.6) is 0 Å². The standard InChI is InChI=1S/C18H36N2O2/c1-6-20(17(21)22-18(3,4)5)14-10-13-19-15(2)16-11-8-7-9-12-16/h15-16,19H,6-14H2,1-5H3. The average molecular weight is 312 g/mol. The summed E-state index contributed by atoms with van der Waals surface area (Å²) in [6.45, 7) is 12.5. The van der Waals surface area contributed by atoms with Crippen molar-refractivity contribution in [3.63, 3.8) is 0 Å². The van der Waals surface area contributed by atoms with Crippen molar-refractivity contribution in [2.24, 2.45) is 5.92 Å². The van der Waals surface area contributed by atoms with Gasteiger partial charge in [-0.1, -0.05) is 19.3 Å². The van der Waals surface area contributed by atoms with Crippen molar-refractivity contribution >= 4 is 6.09 Å². The zero-order valence-corrected chi connectivity index (χ0v) is 15.3. The Morgan fingerprint density at radius 2 is 1.91 bits per heavy atom. The normalized spacial score (nSPS) is 18.0. The van der Waals surface area contributed by atoms with Crippen molar-refractivity contribution in [2.45, 2.75) is 84.8 Å². The second-order valence-corrected chi connectivity index (χ2v) is 7.55. The van der Waals surface area contributed by atoms with Gasteiger partial charge in [-0.05, 0) is 66.3 Å². The van der Waals surface area contributed by atoms with Gasteiger partial charge in [0.1, 0.15) is 5.60 Å². The van der Waals surface area contributed by atoms with E-state index in [1.54, 1.807) is 4.90 Å². The highest BCUT2D eigenvalue weighted by molar-refractivity contribution is 5.68. The highest BCUT2D eigenvalue weighted by Crippen LogP contribution is 2.26. The van der Waals surface area contributed by atoms with Gasteiger partial charge in [-0.2, -0.15) is 0 Å². The number of nitrogens with zero attached hydrogens (tertiary/aromatic N) is 1. The van der Waals surface area contributed by atoms with E-state index in [1.165, 1.54) is 32.1 Å². The Kier molecular flexibility index (Phi) is 8.23. The predicted octanol–water partition coefficient (Wildman–Crippen LogP) is 4.19. The summed E-state index contributed by atoms with van der Waals surface area (Å²) in [6, 6.07) is 0.594. The summed E-state index contributed by atoms with van der Waals surface area (Å²) in [5.41, 5.74) is -0.418. The van der Waals surface area contributed by atoms with Crippen LogP contribution in [0, 0.1) is 5.92 Å². The van der Waals surface area contributed by atoms with Gasteiger partial charge in [-0.15, -0.1) is 0 Å². The maximum atomic E-state index is 12.0. The predicted molar refractivity (Wildman–Crippen MR) is 92.1 cm³/mol. The Bertz CT molecular complexity index is 320. The Morgan fingerprint density at radius 1 is 1.27 bits per heavy atom. The molecule has 130 valence electrons. The minimum absolute atomic E-state index is 0.199. The third kappa shape index (κ3) is 7.48. The zero-order chi connectivity index (χ0) is 16.6. The second kappa shape index (κ2) is 9.39. The smallest absolute Gasteiger partial charge is 0.410 e. The van der Waals surface area contributed by atoms with Crippen molar-refractivity contribution in [1.29, 1.82) is 0 Å². The summed E-state index contributed by atoms with van der Waals surface area (Å²) in [7, 11) is 0. The molecular formula is C18H36N2O2. The molecule has 0 saturated heterocycles. The largest absolute Gasteiger partial charge is 0.444 e. The average Bonchev–Trinajstić information content (AvgIpc) is 2.46. The molecule has 1 N–H and O–H groups in total. The molecule has 1 amide bonds. The number of hydrogen-bond donors (Lipinski definition) is 1. The van der Waals surface area contributed by atoms with Gasteiger partial charge in [0.15, 0.2) is 0 Å². The number of amides is 1. The van der Waals surface area contributed by atoms with Crippen LogP contribution in [0.1, 0.15) is 73.1 Å². The van der Waals surface area contributed by atoms with E-state index < -0.39 is 5.60 Å². The van der Waals surface area contributed by atoms with E-state index in [9.17, 15) is 4.79 Å². The molecule has 4 nitrogen and oxygen atoms in total. The van der Waals surface area contributed by atoms with Gasteiger partial charge in [0, 0.05) is 19.1 Å². The zero-order valence-electron chi connectivity index (χ0n) is 15.3. The van der Waals surface area contributed by atoms with Crippen LogP contribution >= 0.6 is 0 Å². The van der Waals surface area contributed by atoms with Crippen LogP contribution in [0.2, 0.25) is 0 Å². The first-order chi connectivity index (χ1) is 10.3. The van der Waals surface area contributed by atoms with Crippen LogP contribution in [0.4, 0.5) is 4.79 Å². The molecule has 22 heavy (non-hydrogen) atoms. The van der Waals surface area contributed by atoms with Crippen LogP contribution in [0.15, 0.2) is 0 Å². The van der Waals surface area contributed by atoms with E-state index in [4.69, 9.17) is 4.74 Å². The fourth-order valence-electron chi connectivity index (χ4n) is 3.11. The molecule has 1 atom stereocenters. The Hall–Kier alpha value is -0.770. The van der Waals surface area contributed by atoms with Crippen LogP contribution in [0.3, 0.4) is 0 Å². The SMILES string of the molecule is CCN(CCCNC(C)C1CCCCC1)C(=O)OC(C)(C)C. The molecule has 0 spiro atoms. The molecule has 0 aromatic rings. The molecule has 4 heteroatoms. The number of nitrogens with one attached hydrogen (secondary N) is 1. The highest BCUT2D eigenvalue weighted by Gasteiger charge is 2.21. The van der Waals surface area contributed by atoms with E-state index >= 15 is 0 Å². The molecule has 0 aromatic carbocycles. The molecule has 1 saturated carbocycles. The number of carbonyl (C=O) groups excluding carboxylic acids is 1. The molecule has 0 heterocycles. The summed E-state index contributed by atoms with van der Waals surface area (Å²) < 4.78 is 5.43. The maximum absolute atomic E-state index is 12.0. The van der Waals surface area contributed by atoms with Crippen molar-refractivity contribution in [2.75, 3.05) is 19.6 Å². The van der Waals surface area contributed by atoms with Gasteiger partial charge < -0.3 is 15.0 Å². The second-order valence-electron chi connectivity index (χ2n) is 7.55. The Balaban J connectivity index is 2.22. The maximum Gasteiger partial charge on any atom is 0.410 e. The van der Waals surface area contributed by atoms with Crippen LogP contribution < -0.4 is 5.32 Å². The number of hydrogen-bond acceptors (Lipinski definition) is 3. The van der Waals surface area contributed by atoms with Crippen molar-refractivity contribution in [3.05, 3.63) is 0 Å². The first-order valence-electron chi connectivity index (χ1n) is 9.04. The lowest BCUT2D eigenvalue weighted by Crippen LogP contribution is -2.39. The number of ether oxygens (including phenoxy) is 1. The topological polar surface area (TPSA) is 41.6 Å². The highest BCUT2D eigenvalue weighted by atomic mass is 16.6. The van der Waals surface area contributed by atoms with E-state index in [0.717, 1.165) is 25.4 Å². The Morgan fingerprint density at radius 3 is 2.45 bits per heavy atom. The monoisotopic (exact) mass is 312 g/mol. The van der Waals surface area contributed by atoms with Crippen molar-refractivity contribution in [3.8, 4) is 0 Å². The lowest BCUT2D eigenvalue weighted by Gasteiger charge is -2.29. The third-order valence-electron chi connectivity index (χ3n) is 4.46. The summed E-state index contributed by atoms with van der Waals surface area (Å²) in [4.78, 5) is 13.8. The van der Waals surface area contributed by atoms with Gasteiger partial charge in [-0.25, -0.2) is 4.79 Å². The van der Waals surface area contributed by atoms with Crippen LogP contribution in [-0.4, -0.2) is 42.3 Å². The molecule has 1 aliphatic rings. The van der Waals surface area contributed by atoms with Gasteiger partial charge in [0.25, 0.3) is 0 Å². The van der Waals surface area contributed by atoms with Crippen molar-refractivity contribution < 1.29 is 9.53 Å². The summed E-state index contributed by atoms with van der Waals surface area (Å²) in [5, 5.41) is 3.64. The van der Waals surface area contributed by atoms with E-state index in [0.29, 0.717) is 12.6 Å². The molecular weight excluding hydrogens is 276 g/mol. The van der Waals surface area contributed by atoms with E-state index in [1.807, 2.05) is 27.7 Å². The van der Waals surface area contributed by atoms with Gasteiger partial charge in [0.2, 0.25) is 0 Å². The molecule has 0 aliphatic heterocycles. The minimum Gasteiger partial charge on any atom is -0.444 e. The van der Waals surface area contributed by atoms with Gasteiger partial charge in [0.05, 0.1) is 0 Å². The lowest BCUT2D eigenvalue weighted by molar-refractivity contribution is 0.0258. The number of carbonyl (C=O) groups is 1. The fourth-order valence-corrected chi connectivity index (χ4v) is 3.11. The fraction of sp³-hybridized carbons (Fsp3) is 0.944. The summed E-state index contributed by atoms with van der Waals surface area (Å²) in [5.74, 6) is 0.835. The van der Waals surface area contributed by atoms with Gasteiger partial charge >= 0.3 is 6.09 Å². The molecule has 1 unspecified atom stereocenters. The van der Waals surface area contributed by atoms with Crippen LogP contribution in [-0.2, 0) is 4.74 Å². The number of rotatable bonds is 7. The van der Waals surface area contributed by atoms with Crippen LogP contribution in [0.25, 0.3) is 0 Å². The first kappa shape index (κ1) is 19.3. The van der Waals surface area contributed by atoms with Crippen molar-refractivity contribution in [1.82, 2.24) is 10.2 Å². The molecule has 1 aliphatic carbocycles. The molecule has 0 aromatic heterocycles. The summed E-state index contributed by atoms with van der Waals surface area (Å²) >= 11 is 0. The lowest BCUT2D eigenvalue weighted by atomic mass is 9.84. The Labute approximate surface area is 137 Å².